The first-order valence-corrected chi connectivity index (χ1v) is 9.66. The molecule has 0 N–H and O–H groups in total. The van der Waals surface area contributed by atoms with Crippen molar-refractivity contribution in [2.75, 3.05) is 0 Å². The Morgan fingerprint density at radius 1 is 1.23 bits per heavy atom. The van der Waals surface area contributed by atoms with Crippen molar-refractivity contribution in [3.8, 4) is 11.4 Å². The molecule has 0 saturated carbocycles. The van der Waals surface area contributed by atoms with Gasteiger partial charge in [0.25, 0.3) is 0 Å². The summed E-state index contributed by atoms with van der Waals surface area (Å²) in [6.45, 7) is 4.77. The number of carbonyl (C=O) groups is 1. The van der Waals surface area contributed by atoms with Gasteiger partial charge >= 0.3 is 0 Å². The van der Waals surface area contributed by atoms with Crippen LogP contribution in [0.5, 0.6) is 0 Å². The van der Waals surface area contributed by atoms with Crippen molar-refractivity contribution in [3.63, 3.8) is 0 Å². The smallest absolute Gasteiger partial charge is 0.192 e. The van der Waals surface area contributed by atoms with E-state index in [1.807, 2.05) is 19.1 Å². The van der Waals surface area contributed by atoms with Crippen LogP contribution in [0.1, 0.15) is 30.6 Å². The van der Waals surface area contributed by atoms with Crippen molar-refractivity contribution >= 4 is 29.1 Å². The van der Waals surface area contributed by atoms with Gasteiger partial charge in [0.1, 0.15) is 0 Å². The SMILES string of the molecule is CCCn1c(SC(C)C(=O)c2cccc(Cl)c2)nnc1-c1ccncc1. The molecule has 0 spiro atoms. The number of carbonyl (C=O) groups excluding carboxylic acids is 1. The Morgan fingerprint density at radius 3 is 2.69 bits per heavy atom. The first kappa shape index (κ1) is 18.6. The molecular weight excluding hydrogens is 368 g/mol. The normalized spacial score (nSPS) is 12.1. The Kier molecular flexibility index (Phi) is 6.06. The van der Waals surface area contributed by atoms with Gasteiger partial charge < -0.3 is 4.57 Å². The number of pyridine rings is 1. The third kappa shape index (κ3) is 4.14. The van der Waals surface area contributed by atoms with Gasteiger partial charge in [-0.3, -0.25) is 9.78 Å². The van der Waals surface area contributed by atoms with Gasteiger partial charge in [0, 0.05) is 35.1 Å². The molecule has 2 heterocycles. The number of halogens is 1. The van der Waals surface area contributed by atoms with E-state index < -0.39 is 0 Å². The molecular formula is C19H19ClN4OS. The van der Waals surface area contributed by atoms with Crippen LogP contribution in [0.4, 0.5) is 0 Å². The minimum absolute atomic E-state index is 0.0222. The van der Waals surface area contributed by atoms with Crippen molar-refractivity contribution in [2.24, 2.45) is 0 Å². The molecule has 3 rings (SSSR count). The van der Waals surface area contributed by atoms with Gasteiger partial charge in [0.2, 0.25) is 0 Å². The topological polar surface area (TPSA) is 60.7 Å². The van der Waals surface area contributed by atoms with Gasteiger partial charge in [-0.1, -0.05) is 42.4 Å². The molecule has 5 nitrogen and oxygen atoms in total. The summed E-state index contributed by atoms with van der Waals surface area (Å²) in [6, 6.07) is 10.8. The van der Waals surface area contributed by atoms with Gasteiger partial charge in [-0.15, -0.1) is 10.2 Å². The molecule has 0 aliphatic heterocycles. The van der Waals surface area contributed by atoms with E-state index in [2.05, 4.69) is 26.7 Å². The zero-order chi connectivity index (χ0) is 18.5. The maximum atomic E-state index is 12.7. The molecule has 1 atom stereocenters. The first-order valence-electron chi connectivity index (χ1n) is 8.40. The highest BCUT2D eigenvalue weighted by molar-refractivity contribution is 8.00. The summed E-state index contributed by atoms with van der Waals surface area (Å²) in [5.41, 5.74) is 1.56. The highest BCUT2D eigenvalue weighted by Crippen LogP contribution is 2.28. The van der Waals surface area contributed by atoms with Crippen LogP contribution in [-0.4, -0.2) is 30.8 Å². The lowest BCUT2D eigenvalue weighted by Crippen LogP contribution is -2.15. The number of ketones is 1. The lowest BCUT2D eigenvalue weighted by atomic mass is 10.1. The Labute approximate surface area is 161 Å². The van der Waals surface area contributed by atoms with E-state index in [-0.39, 0.29) is 11.0 Å². The molecule has 0 amide bonds. The fraction of sp³-hybridized carbons (Fsp3) is 0.263. The number of Topliss-reactive ketones (excluding diaryl/α,β-unsaturated/α-hetero) is 1. The molecule has 0 fully saturated rings. The first-order chi connectivity index (χ1) is 12.6. The fourth-order valence-electron chi connectivity index (χ4n) is 2.60. The van der Waals surface area contributed by atoms with E-state index in [0.29, 0.717) is 10.6 Å². The summed E-state index contributed by atoms with van der Waals surface area (Å²) < 4.78 is 2.06. The molecule has 0 bridgehead atoms. The van der Waals surface area contributed by atoms with Crippen LogP contribution in [0.25, 0.3) is 11.4 Å². The lowest BCUT2D eigenvalue weighted by molar-refractivity contribution is 0.0994. The van der Waals surface area contributed by atoms with Crippen molar-refractivity contribution in [3.05, 3.63) is 59.4 Å². The summed E-state index contributed by atoms with van der Waals surface area (Å²) in [4.78, 5) is 16.7. The lowest BCUT2D eigenvalue weighted by Gasteiger charge is -2.12. The number of nitrogens with zero attached hydrogens (tertiary/aromatic N) is 4. The van der Waals surface area contributed by atoms with Gasteiger partial charge in [0.05, 0.1) is 5.25 Å². The molecule has 3 aromatic rings. The maximum Gasteiger partial charge on any atom is 0.192 e. The Hall–Kier alpha value is -2.18. The number of thioether (sulfide) groups is 1. The zero-order valence-corrected chi connectivity index (χ0v) is 16.2. The summed E-state index contributed by atoms with van der Waals surface area (Å²) in [5.74, 6) is 0.813. The highest BCUT2D eigenvalue weighted by atomic mass is 35.5. The van der Waals surface area contributed by atoms with Gasteiger partial charge in [0.15, 0.2) is 16.8 Å². The molecule has 1 unspecified atom stereocenters. The molecule has 134 valence electrons. The predicted molar refractivity (Wildman–Crippen MR) is 105 cm³/mol. The van der Waals surface area contributed by atoms with Crippen molar-refractivity contribution in [2.45, 2.75) is 37.2 Å². The van der Waals surface area contributed by atoms with Gasteiger partial charge in [-0.2, -0.15) is 0 Å². The molecule has 7 heteroatoms. The molecule has 0 aliphatic carbocycles. The van der Waals surface area contributed by atoms with Crippen LogP contribution in [0.15, 0.2) is 53.9 Å². The maximum absolute atomic E-state index is 12.7. The van der Waals surface area contributed by atoms with E-state index in [9.17, 15) is 4.79 Å². The third-order valence-corrected chi connectivity index (χ3v) is 5.18. The van der Waals surface area contributed by atoms with E-state index in [0.717, 1.165) is 29.5 Å². The highest BCUT2D eigenvalue weighted by Gasteiger charge is 2.21. The summed E-state index contributed by atoms with van der Waals surface area (Å²) in [7, 11) is 0. The number of benzene rings is 1. The van der Waals surface area contributed by atoms with E-state index in [1.165, 1.54) is 11.8 Å². The molecule has 26 heavy (non-hydrogen) atoms. The van der Waals surface area contributed by atoms with Gasteiger partial charge in [-0.25, -0.2) is 0 Å². The Balaban J connectivity index is 1.85. The van der Waals surface area contributed by atoms with Crippen LogP contribution >= 0.6 is 23.4 Å². The van der Waals surface area contributed by atoms with Crippen LogP contribution < -0.4 is 0 Å². The van der Waals surface area contributed by atoms with Crippen LogP contribution in [0.2, 0.25) is 5.02 Å². The Bertz CT molecular complexity index is 898. The quantitative estimate of drug-likeness (QED) is 0.432. The van der Waals surface area contributed by atoms with E-state index in [1.54, 1.807) is 36.7 Å². The average molecular weight is 387 g/mol. The largest absolute Gasteiger partial charge is 0.302 e. The minimum atomic E-state index is -0.293. The second-order valence-corrected chi connectivity index (χ2v) is 7.57. The summed E-state index contributed by atoms with van der Waals surface area (Å²) >= 11 is 7.42. The number of hydrogen-bond acceptors (Lipinski definition) is 5. The van der Waals surface area contributed by atoms with Crippen LogP contribution in [-0.2, 0) is 6.54 Å². The second kappa shape index (κ2) is 8.47. The monoisotopic (exact) mass is 386 g/mol. The van der Waals surface area contributed by atoms with E-state index >= 15 is 0 Å². The standard InChI is InChI=1S/C19H19ClN4OS/c1-3-11-24-18(14-7-9-21-10-8-14)22-23-19(24)26-13(2)17(25)15-5-4-6-16(20)12-15/h4-10,12-13H,3,11H2,1-2H3. The molecule has 0 radical (unpaired) electrons. The van der Waals surface area contributed by atoms with E-state index in [4.69, 9.17) is 11.6 Å². The fourth-order valence-corrected chi connectivity index (χ4v) is 3.75. The predicted octanol–water partition coefficient (Wildman–Crippen LogP) is 4.77. The Morgan fingerprint density at radius 2 is 2.00 bits per heavy atom. The summed E-state index contributed by atoms with van der Waals surface area (Å²) in [5, 5.41) is 9.66. The number of aromatic nitrogens is 4. The van der Waals surface area contributed by atoms with Crippen LogP contribution in [0, 0.1) is 0 Å². The molecule has 2 aromatic heterocycles. The zero-order valence-electron chi connectivity index (χ0n) is 14.6. The van der Waals surface area contributed by atoms with Crippen molar-refractivity contribution < 1.29 is 4.79 Å². The number of hydrogen-bond donors (Lipinski definition) is 0. The van der Waals surface area contributed by atoms with Crippen LogP contribution in [0.3, 0.4) is 0 Å². The molecule has 0 saturated heterocycles. The minimum Gasteiger partial charge on any atom is -0.302 e. The van der Waals surface area contributed by atoms with Crippen molar-refractivity contribution in [1.29, 1.82) is 0 Å². The third-order valence-electron chi connectivity index (χ3n) is 3.86. The average Bonchev–Trinajstić information content (AvgIpc) is 3.04. The molecule has 1 aromatic carbocycles. The summed E-state index contributed by atoms with van der Waals surface area (Å²) in [6.07, 6.45) is 4.41. The second-order valence-electron chi connectivity index (χ2n) is 5.83. The molecule has 0 aliphatic rings. The number of rotatable bonds is 7. The van der Waals surface area contributed by atoms with Gasteiger partial charge in [-0.05, 0) is 37.6 Å². The van der Waals surface area contributed by atoms with Crippen molar-refractivity contribution in [1.82, 2.24) is 19.7 Å².